The van der Waals surface area contributed by atoms with Gasteiger partial charge in [-0.25, -0.2) is 14.6 Å². The molecule has 0 aliphatic heterocycles. The van der Waals surface area contributed by atoms with E-state index in [0.717, 1.165) is 11.8 Å². The number of amides is 1. The molecular weight excluding hydrogens is 470 g/mol. The zero-order valence-electron chi connectivity index (χ0n) is 20.0. The highest BCUT2D eigenvalue weighted by atomic mass is 32.2. The lowest BCUT2D eigenvalue weighted by Crippen LogP contribution is -2.26. The molecule has 3 aromatic rings. The molecule has 9 nitrogen and oxygen atoms in total. The van der Waals surface area contributed by atoms with Crippen molar-refractivity contribution < 1.29 is 23.9 Å². The Hall–Kier alpha value is -3.66. The summed E-state index contributed by atoms with van der Waals surface area (Å²) >= 11 is 1.13. The second-order valence-corrected chi connectivity index (χ2v) is 9.00. The molecule has 1 N–H and O–H groups in total. The summed E-state index contributed by atoms with van der Waals surface area (Å²) in [6.07, 6.45) is 0. The van der Waals surface area contributed by atoms with Crippen LogP contribution in [0, 0.1) is 5.92 Å². The van der Waals surface area contributed by atoms with Crippen molar-refractivity contribution >= 4 is 46.2 Å². The number of methoxy groups -OCH3 is 1. The van der Waals surface area contributed by atoms with Gasteiger partial charge in [0.15, 0.2) is 5.16 Å². The monoisotopic (exact) mass is 497 g/mol. The van der Waals surface area contributed by atoms with E-state index in [1.807, 2.05) is 13.8 Å². The van der Waals surface area contributed by atoms with E-state index < -0.39 is 11.9 Å². The molecule has 0 unspecified atom stereocenters. The first-order valence-corrected chi connectivity index (χ1v) is 12.0. The fourth-order valence-corrected chi connectivity index (χ4v) is 4.12. The lowest BCUT2D eigenvalue weighted by atomic mass is 10.1. The maximum absolute atomic E-state index is 13.2. The number of nitrogens with one attached hydrogen (secondary N) is 1. The number of aromatic nitrogens is 2. The quantitative estimate of drug-likeness (QED) is 0.270. The van der Waals surface area contributed by atoms with Gasteiger partial charge in [-0.3, -0.25) is 14.2 Å². The van der Waals surface area contributed by atoms with Crippen LogP contribution in [0.1, 0.15) is 41.5 Å². The van der Waals surface area contributed by atoms with Gasteiger partial charge in [-0.05, 0) is 55.3 Å². The maximum Gasteiger partial charge on any atom is 0.338 e. The summed E-state index contributed by atoms with van der Waals surface area (Å²) in [5, 5.41) is 3.53. The van der Waals surface area contributed by atoms with Crippen LogP contribution in [0.4, 0.5) is 5.69 Å². The molecule has 0 bridgehead atoms. The predicted molar refractivity (Wildman–Crippen MR) is 134 cm³/mol. The van der Waals surface area contributed by atoms with E-state index in [4.69, 9.17) is 9.47 Å². The van der Waals surface area contributed by atoms with Crippen LogP contribution in [0.25, 0.3) is 10.9 Å². The molecule has 0 atom stereocenters. The number of esters is 2. The van der Waals surface area contributed by atoms with Gasteiger partial charge in [0.25, 0.3) is 5.56 Å². The van der Waals surface area contributed by atoms with Crippen LogP contribution in [0.3, 0.4) is 0 Å². The van der Waals surface area contributed by atoms with Crippen molar-refractivity contribution in [3.63, 3.8) is 0 Å². The smallest absolute Gasteiger partial charge is 0.338 e. The summed E-state index contributed by atoms with van der Waals surface area (Å²) < 4.78 is 11.3. The third-order valence-corrected chi connectivity index (χ3v) is 5.88. The van der Waals surface area contributed by atoms with Gasteiger partial charge in [-0.15, -0.1) is 0 Å². The lowest BCUT2D eigenvalue weighted by Gasteiger charge is -2.15. The molecule has 0 aliphatic carbocycles. The zero-order valence-corrected chi connectivity index (χ0v) is 20.8. The van der Waals surface area contributed by atoms with Crippen molar-refractivity contribution in [3.05, 3.63) is 63.9 Å². The van der Waals surface area contributed by atoms with Gasteiger partial charge in [0.1, 0.15) is 0 Å². The minimum absolute atomic E-state index is 0.00631. The number of anilines is 1. The molecule has 1 aromatic heterocycles. The summed E-state index contributed by atoms with van der Waals surface area (Å²) in [6.45, 7) is 6.41. The Morgan fingerprint density at radius 1 is 1.06 bits per heavy atom. The van der Waals surface area contributed by atoms with Crippen LogP contribution in [-0.4, -0.2) is 46.9 Å². The van der Waals surface area contributed by atoms with Crippen molar-refractivity contribution in [2.75, 3.05) is 24.8 Å². The molecule has 35 heavy (non-hydrogen) atoms. The van der Waals surface area contributed by atoms with Crippen molar-refractivity contribution in [2.45, 2.75) is 32.5 Å². The fourth-order valence-electron chi connectivity index (χ4n) is 3.31. The Labute approximate surface area is 206 Å². The van der Waals surface area contributed by atoms with E-state index in [2.05, 4.69) is 10.3 Å². The predicted octanol–water partition coefficient (Wildman–Crippen LogP) is 3.75. The Morgan fingerprint density at radius 2 is 1.74 bits per heavy atom. The Morgan fingerprint density at radius 3 is 2.37 bits per heavy atom. The Balaban J connectivity index is 1.81. The lowest BCUT2D eigenvalue weighted by molar-refractivity contribution is -0.113. The van der Waals surface area contributed by atoms with Crippen LogP contribution in [-0.2, 0) is 20.8 Å². The van der Waals surface area contributed by atoms with Gasteiger partial charge in [0, 0.05) is 12.2 Å². The highest BCUT2D eigenvalue weighted by Crippen LogP contribution is 2.21. The van der Waals surface area contributed by atoms with Crippen LogP contribution < -0.4 is 10.9 Å². The van der Waals surface area contributed by atoms with Crippen LogP contribution >= 0.6 is 11.8 Å². The third kappa shape index (κ3) is 6.48. The summed E-state index contributed by atoms with van der Waals surface area (Å²) in [4.78, 5) is 54.0. The van der Waals surface area contributed by atoms with Gasteiger partial charge < -0.3 is 14.8 Å². The average Bonchev–Trinajstić information content (AvgIpc) is 2.84. The van der Waals surface area contributed by atoms with E-state index in [1.165, 1.54) is 19.2 Å². The zero-order chi connectivity index (χ0) is 25.5. The van der Waals surface area contributed by atoms with Gasteiger partial charge in [0.05, 0.1) is 41.5 Å². The molecule has 2 aromatic carbocycles. The van der Waals surface area contributed by atoms with Crippen LogP contribution in [0.2, 0.25) is 0 Å². The molecule has 0 fully saturated rings. The van der Waals surface area contributed by atoms with Crippen LogP contribution in [0.5, 0.6) is 0 Å². The van der Waals surface area contributed by atoms with Crippen LogP contribution in [0.15, 0.2) is 52.4 Å². The van der Waals surface area contributed by atoms with E-state index in [0.29, 0.717) is 33.9 Å². The van der Waals surface area contributed by atoms with E-state index in [1.54, 1.807) is 41.8 Å². The summed E-state index contributed by atoms with van der Waals surface area (Å²) in [5.74, 6) is -1.07. The standard InChI is InChI=1S/C25H27N3O6S/c1-5-34-24(32)16-6-9-18(10-7-16)26-21(29)14-35-25-27-20-12-17(23(31)33-4)8-11-19(20)22(30)28(25)13-15(2)3/h6-12,15H,5,13-14H2,1-4H3,(H,26,29). The average molecular weight is 498 g/mol. The molecule has 0 spiro atoms. The Bertz CT molecular complexity index is 1300. The summed E-state index contributed by atoms with van der Waals surface area (Å²) in [5.41, 5.74) is 1.32. The molecule has 1 amide bonds. The van der Waals surface area contributed by atoms with Crippen molar-refractivity contribution in [3.8, 4) is 0 Å². The van der Waals surface area contributed by atoms with Crippen molar-refractivity contribution in [1.82, 2.24) is 9.55 Å². The molecule has 0 radical (unpaired) electrons. The van der Waals surface area contributed by atoms with Gasteiger partial charge in [-0.1, -0.05) is 25.6 Å². The minimum Gasteiger partial charge on any atom is -0.465 e. The number of fused-ring (bicyclic) bond motifs is 1. The second kappa shape index (κ2) is 11.7. The van der Waals surface area contributed by atoms with Gasteiger partial charge in [0.2, 0.25) is 5.91 Å². The number of nitrogens with zero attached hydrogens (tertiary/aromatic N) is 2. The van der Waals surface area contributed by atoms with Gasteiger partial charge in [-0.2, -0.15) is 0 Å². The van der Waals surface area contributed by atoms with E-state index in [-0.39, 0.29) is 35.3 Å². The topological polar surface area (TPSA) is 117 Å². The SMILES string of the molecule is CCOC(=O)c1ccc(NC(=O)CSc2nc3cc(C(=O)OC)ccc3c(=O)n2CC(C)C)cc1. The fraction of sp³-hybridized carbons (Fsp3) is 0.320. The number of carbonyl (C=O) groups excluding carboxylic acids is 3. The number of thioether (sulfide) groups is 1. The number of rotatable bonds is 9. The first kappa shape index (κ1) is 26.0. The van der Waals surface area contributed by atoms with Gasteiger partial charge >= 0.3 is 11.9 Å². The first-order valence-electron chi connectivity index (χ1n) is 11.1. The highest BCUT2D eigenvalue weighted by molar-refractivity contribution is 7.99. The Kier molecular flexibility index (Phi) is 8.64. The summed E-state index contributed by atoms with van der Waals surface area (Å²) in [6, 6.07) is 11.0. The molecule has 0 saturated carbocycles. The van der Waals surface area contributed by atoms with Crippen molar-refractivity contribution in [1.29, 1.82) is 0 Å². The second-order valence-electron chi connectivity index (χ2n) is 8.06. The largest absolute Gasteiger partial charge is 0.465 e. The molecule has 0 saturated heterocycles. The van der Waals surface area contributed by atoms with E-state index in [9.17, 15) is 19.2 Å². The molecule has 10 heteroatoms. The third-order valence-electron chi connectivity index (χ3n) is 4.90. The molecular formula is C25H27N3O6S. The molecule has 0 aliphatic rings. The summed E-state index contributed by atoms with van der Waals surface area (Å²) in [7, 11) is 1.28. The molecule has 184 valence electrons. The number of carbonyl (C=O) groups is 3. The highest BCUT2D eigenvalue weighted by Gasteiger charge is 2.16. The molecule has 3 rings (SSSR count). The number of hydrogen-bond donors (Lipinski definition) is 1. The minimum atomic E-state index is -0.525. The first-order chi connectivity index (χ1) is 16.7. The molecule has 1 heterocycles. The van der Waals surface area contributed by atoms with E-state index >= 15 is 0 Å². The van der Waals surface area contributed by atoms with Crippen molar-refractivity contribution in [2.24, 2.45) is 5.92 Å². The number of ether oxygens (including phenoxy) is 2. The maximum atomic E-state index is 13.2. The normalized spacial score (nSPS) is 10.9. The number of hydrogen-bond acceptors (Lipinski definition) is 8. The number of benzene rings is 2.